The number of anilines is 1. The van der Waals surface area contributed by atoms with Crippen LogP contribution in [0.25, 0.3) is 0 Å². The smallest absolute Gasteiger partial charge is 0.269 e. The lowest BCUT2D eigenvalue weighted by Crippen LogP contribution is -1.90. The SMILES string of the molecule is CC.O=[N+]([O-])c1ccc2c(c1)CCN2. The van der Waals surface area contributed by atoms with Gasteiger partial charge in [-0.05, 0) is 18.1 Å². The van der Waals surface area contributed by atoms with Crippen molar-refractivity contribution in [3.63, 3.8) is 0 Å². The highest BCUT2D eigenvalue weighted by Crippen LogP contribution is 2.25. The van der Waals surface area contributed by atoms with Gasteiger partial charge in [-0.25, -0.2) is 0 Å². The van der Waals surface area contributed by atoms with Crippen LogP contribution < -0.4 is 5.32 Å². The summed E-state index contributed by atoms with van der Waals surface area (Å²) in [6.45, 7) is 4.89. The van der Waals surface area contributed by atoms with Crippen LogP contribution >= 0.6 is 0 Å². The lowest BCUT2D eigenvalue weighted by Gasteiger charge is -1.97. The molecule has 1 aliphatic rings. The molecule has 0 saturated heterocycles. The van der Waals surface area contributed by atoms with Gasteiger partial charge in [0.05, 0.1) is 4.92 Å². The van der Waals surface area contributed by atoms with Crippen molar-refractivity contribution < 1.29 is 4.92 Å². The molecule has 0 saturated carbocycles. The van der Waals surface area contributed by atoms with Gasteiger partial charge < -0.3 is 5.32 Å². The summed E-state index contributed by atoms with van der Waals surface area (Å²) >= 11 is 0. The third kappa shape index (κ3) is 2.02. The van der Waals surface area contributed by atoms with E-state index in [-0.39, 0.29) is 10.6 Å². The summed E-state index contributed by atoms with van der Waals surface area (Å²) in [4.78, 5) is 10.0. The summed E-state index contributed by atoms with van der Waals surface area (Å²) in [7, 11) is 0. The minimum Gasteiger partial charge on any atom is -0.384 e. The van der Waals surface area contributed by atoms with E-state index in [1.54, 1.807) is 12.1 Å². The fourth-order valence-electron chi connectivity index (χ4n) is 1.40. The van der Waals surface area contributed by atoms with Crippen molar-refractivity contribution in [2.45, 2.75) is 20.3 Å². The molecule has 76 valence electrons. The van der Waals surface area contributed by atoms with Crippen LogP contribution in [0.2, 0.25) is 0 Å². The average molecular weight is 194 g/mol. The summed E-state index contributed by atoms with van der Waals surface area (Å²) in [5.41, 5.74) is 2.25. The highest BCUT2D eigenvalue weighted by Gasteiger charge is 2.13. The van der Waals surface area contributed by atoms with Gasteiger partial charge in [0.2, 0.25) is 0 Å². The molecule has 1 aromatic carbocycles. The number of nitrogens with one attached hydrogen (secondary N) is 1. The summed E-state index contributed by atoms with van der Waals surface area (Å²) in [5.74, 6) is 0. The highest BCUT2D eigenvalue weighted by molar-refractivity contribution is 5.59. The molecule has 0 fully saturated rings. The first-order valence-corrected chi connectivity index (χ1v) is 4.78. The minimum absolute atomic E-state index is 0.178. The molecule has 1 aliphatic heterocycles. The number of fused-ring (bicyclic) bond motifs is 1. The third-order valence-electron chi connectivity index (χ3n) is 2.01. The molecule has 4 nitrogen and oxygen atoms in total. The van der Waals surface area contributed by atoms with Gasteiger partial charge in [-0.2, -0.15) is 0 Å². The number of hydrogen-bond acceptors (Lipinski definition) is 3. The van der Waals surface area contributed by atoms with Crippen molar-refractivity contribution >= 4 is 11.4 Å². The molecule has 0 unspecified atom stereocenters. The molecule has 0 aliphatic carbocycles. The first kappa shape index (κ1) is 10.5. The summed E-state index contributed by atoms with van der Waals surface area (Å²) in [6, 6.07) is 4.92. The fourth-order valence-corrected chi connectivity index (χ4v) is 1.40. The van der Waals surface area contributed by atoms with E-state index < -0.39 is 0 Å². The predicted molar refractivity (Wildman–Crippen MR) is 56.6 cm³/mol. The molecule has 0 spiro atoms. The van der Waals surface area contributed by atoms with Crippen LogP contribution in [-0.4, -0.2) is 11.5 Å². The van der Waals surface area contributed by atoms with Crippen molar-refractivity contribution in [2.75, 3.05) is 11.9 Å². The zero-order valence-corrected chi connectivity index (χ0v) is 8.41. The number of benzene rings is 1. The second-order valence-electron chi connectivity index (χ2n) is 2.78. The van der Waals surface area contributed by atoms with Crippen molar-refractivity contribution in [1.82, 2.24) is 0 Å². The molecule has 0 radical (unpaired) electrons. The maximum absolute atomic E-state index is 10.4. The normalized spacial score (nSPS) is 12.1. The number of nitro benzene ring substituents is 1. The summed E-state index contributed by atoms with van der Waals surface area (Å²) in [6.07, 6.45) is 0.886. The second kappa shape index (κ2) is 4.60. The van der Waals surface area contributed by atoms with E-state index in [0.717, 1.165) is 24.2 Å². The van der Waals surface area contributed by atoms with E-state index in [9.17, 15) is 10.1 Å². The van der Waals surface area contributed by atoms with Crippen LogP contribution in [0.15, 0.2) is 18.2 Å². The van der Waals surface area contributed by atoms with Gasteiger partial charge in [-0.1, -0.05) is 13.8 Å². The Balaban J connectivity index is 0.000000461. The Labute approximate surface area is 83.1 Å². The zero-order valence-electron chi connectivity index (χ0n) is 8.41. The molecule has 1 N–H and O–H groups in total. The molecule has 0 amide bonds. The maximum atomic E-state index is 10.4. The molecule has 14 heavy (non-hydrogen) atoms. The Morgan fingerprint density at radius 2 is 2.14 bits per heavy atom. The standard InChI is InChI=1S/C8H8N2O2.C2H6/c11-10(12)7-1-2-8-6(5-7)3-4-9-8;1-2/h1-2,5,9H,3-4H2;1-2H3. The lowest BCUT2D eigenvalue weighted by molar-refractivity contribution is -0.384. The molecule has 1 aromatic rings. The quantitative estimate of drug-likeness (QED) is 0.552. The Morgan fingerprint density at radius 1 is 1.43 bits per heavy atom. The van der Waals surface area contributed by atoms with Crippen molar-refractivity contribution in [1.29, 1.82) is 0 Å². The Bertz CT molecular complexity index is 337. The molecule has 0 aromatic heterocycles. The van der Waals surface area contributed by atoms with Crippen LogP contribution in [0.5, 0.6) is 0 Å². The van der Waals surface area contributed by atoms with E-state index in [1.807, 2.05) is 13.8 Å². The average Bonchev–Trinajstić information content (AvgIpc) is 2.67. The second-order valence-corrected chi connectivity index (χ2v) is 2.78. The highest BCUT2D eigenvalue weighted by atomic mass is 16.6. The van der Waals surface area contributed by atoms with Crippen molar-refractivity contribution in [3.8, 4) is 0 Å². The lowest BCUT2D eigenvalue weighted by atomic mass is 10.1. The van der Waals surface area contributed by atoms with E-state index in [4.69, 9.17) is 0 Å². The van der Waals surface area contributed by atoms with E-state index in [0.29, 0.717) is 0 Å². The van der Waals surface area contributed by atoms with Gasteiger partial charge >= 0.3 is 0 Å². The summed E-state index contributed by atoms with van der Waals surface area (Å²) in [5, 5.41) is 13.5. The Morgan fingerprint density at radius 3 is 2.79 bits per heavy atom. The Hall–Kier alpha value is -1.58. The molecule has 4 heteroatoms. The maximum Gasteiger partial charge on any atom is 0.269 e. The van der Waals surface area contributed by atoms with Crippen LogP contribution in [-0.2, 0) is 6.42 Å². The van der Waals surface area contributed by atoms with Crippen LogP contribution in [0.3, 0.4) is 0 Å². The van der Waals surface area contributed by atoms with Crippen molar-refractivity contribution in [3.05, 3.63) is 33.9 Å². The fraction of sp³-hybridized carbons (Fsp3) is 0.400. The van der Waals surface area contributed by atoms with Gasteiger partial charge in [0.15, 0.2) is 0 Å². The first-order chi connectivity index (χ1) is 6.77. The summed E-state index contributed by atoms with van der Waals surface area (Å²) < 4.78 is 0. The monoisotopic (exact) mass is 194 g/mol. The van der Waals surface area contributed by atoms with Gasteiger partial charge in [-0.15, -0.1) is 0 Å². The van der Waals surface area contributed by atoms with Crippen LogP contribution in [0.1, 0.15) is 19.4 Å². The Kier molecular flexibility index (Phi) is 3.45. The molecular weight excluding hydrogens is 180 g/mol. The van der Waals surface area contributed by atoms with Gasteiger partial charge in [0.1, 0.15) is 0 Å². The van der Waals surface area contributed by atoms with Crippen LogP contribution in [0.4, 0.5) is 11.4 Å². The minimum atomic E-state index is -0.362. The van der Waals surface area contributed by atoms with Gasteiger partial charge in [0, 0.05) is 24.4 Å². The predicted octanol–water partition coefficient (Wildman–Crippen LogP) is 2.59. The molecule has 2 rings (SSSR count). The number of rotatable bonds is 1. The number of hydrogen-bond donors (Lipinski definition) is 1. The molecule has 0 bridgehead atoms. The third-order valence-corrected chi connectivity index (χ3v) is 2.01. The largest absolute Gasteiger partial charge is 0.384 e. The van der Waals surface area contributed by atoms with E-state index >= 15 is 0 Å². The van der Waals surface area contributed by atoms with Crippen LogP contribution in [0, 0.1) is 10.1 Å². The molecule has 1 heterocycles. The van der Waals surface area contributed by atoms with E-state index in [2.05, 4.69) is 5.32 Å². The topological polar surface area (TPSA) is 55.2 Å². The molecule has 0 atom stereocenters. The number of nitro groups is 1. The van der Waals surface area contributed by atoms with E-state index in [1.165, 1.54) is 6.07 Å². The van der Waals surface area contributed by atoms with Gasteiger partial charge in [-0.3, -0.25) is 10.1 Å². The first-order valence-electron chi connectivity index (χ1n) is 4.78. The molecular formula is C10H14N2O2. The number of non-ortho nitro benzene ring substituents is 1. The van der Waals surface area contributed by atoms with Crippen molar-refractivity contribution in [2.24, 2.45) is 0 Å². The number of nitrogens with zero attached hydrogens (tertiary/aromatic N) is 1. The zero-order chi connectivity index (χ0) is 10.6. The van der Waals surface area contributed by atoms with Gasteiger partial charge in [0.25, 0.3) is 5.69 Å².